The molecule has 1 aromatic rings. The van der Waals surface area contributed by atoms with Gasteiger partial charge in [-0.05, 0) is 36.9 Å². The van der Waals surface area contributed by atoms with Gasteiger partial charge in [-0.2, -0.15) is 0 Å². The zero-order valence-corrected chi connectivity index (χ0v) is 11.4. The average molecular weight is 248 g/mol. The van der Waals surface area contributed by atoms with Gasteiger partial charge in [0, 0.05) is 13.1 Å². The minimum Gasteiger partial charge on any atom is -0.491 e. The highest BCUT2D eigenvalue weighted by molar-refractivity contribution is 5.58. The van der Waals surface area contributed by atoms with Crippen LogP contribution in [0.5, 0.6) is 5.75 Å². The van der Waals surface area contributed by atoms with Gasteiger partial charge in [0.15, 0.2) is 0 Å². The van der Waals surface area contributed by atoms with Crippen molar-refractivity contribution in [2.45, 2.75) is 20.3 Å². The van der Waals surface area contributed by atoms with E-state index in [4.69, 9.17) is 10.5 Å². The van der Waals surface area contributed by atoms with Gasteiger partial charge in [-0.25, -0.2) is 0 Å². The summed E-state index contributed by atoms with van der Waals surface area (Å²) in [5.41, 5.74) is 7.11. The Labute approximate surface area is 110 Å². The summed E-state index contributed by atoms with van der Waals surface area (Å²) >= 11 is 0. The van der Waals surface area contributed by atoms with Crippen LogP contribution in [-0.4, -0.2) is 26.2 Å². The molecule has 1 aliphatic heterocycles. The van der Waals surface area contributed by atoms with Crippen LogP contribution >= 0.6 is 0 Å². The van der Waals surface area contributed by atoms with Crippen molar-refractivity contribution in [1.82, 2.24) is 0 Å². The molecule has 1 aliphatic rings. The van der Waals surface area contributed by atoms with Gasteiger partial charge in [0.2, 0.25) is 0 Å². The number of rotatable bonds is 4. The SMILES string of the molecule is CC(C)C(CN)CN1CCCOc2ccccc21. The second-order valence-corrected chi connectivity index (χ2v) is 5.36. The van der Waals surface area contributed by atoms with E-state index < -0.39 is 0 Å². The van der Waals surface area contributed by atoms with Gasteiger partial charge < -0.3 is 15.4 Å². The van der Waals surface area contributed by atoms with Crippen molar-refractivity contribution in [2.75, 3.05) is 31.1 Å². The standard InChI is InChI=1S/C15H24N2O/c1-12(2)13(10-16)11-17-8-5-9-18-15-7-4-3-6-14(15)17/h3-4,6-7,12-13H,5,8-11,16H2,1-2H3. The molecule has 3 heteroatoms. The number of nitrogens with two attached hydrogens (primary N) is 1. The third-order valence-corrected chi connectivity index (χ3v) is 3.74. The number of fused-ring (bicyclic) bond motifs is 1. The fourth-order valence-electron chi connectivity index (χ4n) is 2.43. The number of anilines is 1. The lowest BCUT2D eigenvalue weighted by atomic mass is 9.95. The normalized spacial score (nSPS) is 17.0. The summed E-state index contributed by atoms with van der Waals surface area (Å²) in [6.45, 7) is 8.13. The molecule has 2 rings (SSSR count). The van der Waals surface area contributed by atoms with E-state index in [2.05, 4.69) is 36.9 Å². The Morgan fingerprint density at radius 3 is 2.83 bits per heavy atom. The summed E-state index contributed by atoms with van der Waals surface area (Å²) in [5.74, 6) is 2.16. The Morgan fingerprint density at radius 2 is 2.11 bits per heavy atom. The van der Waals surface area contributed by atoms with Crippen LogP contribution in [0.15, 0.2) is 24.3 Å². The summed E-state index contributed by atoms with van der Waals surface area (Å²) in [4.78, 5) is 2.43. The highest BCUT2D eigenvalue weighted by Crippen LogP contribution is 2.31. The lowest BCUT2D eigenvalue weighted by molar-refractivity contribution is 0.321. The first-order valence-corrected chi connectivity index (χ1v) is 6.89. The molecule has 100 valence electrons. The third kappa shape index (κ3) is 2.96. The lowest BCUT2D eigenvalue weighted by Gasteiger charge is -2.30. The molecule has 0 saturated carbocycles. The van der Waals surface area contributed by atoms with E-state index in [0.717, 1.165) is 38.4 Å². The maximum absolute atomic E-state index is 5.89. The predicted octanol–water partition coefficient (Wildman–Crippen LogP) is 2.51. The van der Waals surface area contributed by atoms with E-state index >= 15 is 0 Å². The molecular weight excluding hydrogens is 224 g/mol. The average Bonchev–Trinajstić information content (AvgIpc) is 2.58. The Morgan fingerprint density at radius 1 is 1.33 bits per heavy atom. The number of nitrogens with zero attached hydrogens (tertiary/aromatic N) is 1. The van der Waals surface area contributed by atoms with Gasteiger partial charge in [-0.1, -0.05) is 26.0 Å². The quantitative estimate of drug-likeness (QED) is 0.889. The van der Waals surface area contributed by atoms with E-state index in [1.807, 2.05) is 6.07 Å². The fourth-order valence-corrected chi connectivity index (χ4v) is 2.43. The summed E-state index contributed by atoms with van der Waals surface area (Å²) in [5, 5.41) is 0. The maximum Gasteiger partial charge on any atom is 0.142 e. The van der Waals surface area contributed by atoms with Crippen LogP contribution in [0.1, 0.15) is 20.3 Å². The molecule has 1 aromatic carbocycles. The molecule has 0 amide bonds. The zero-order chi connectivity index (χ0) is 13.0. The Balaban J connectivity index is 2.17. The zero-order valence-electron chi connectivity index (χ0n) is 11.4. The number of para-hydroxylation sites is 2. The molecule has 18 heavy (non-hydrogen) atoms. The molecule has 1 unspecified atom stereocenters. The Kier molecular flexibility index (Phi) is 4.48. The molecule has 0 spiro atoms. The van der Waals surface area contributed by atoms with Crippen LogP contribution in [-0.2, 0) is 0 Å². The first kappa shape index (κ1) is 13.2. The van der Waals surface area contributed by atoms with Crippen LogP contribution in [0, 0.1) is 11.8 Å². The summed E-state index contributed by atoms with van der Waals surface area (Å²) in [6.07, 6.45) is 1.07. The largest absolute Gasteiger partial charge is 0.491 e. The first-order valence-electron chi connectivity index (χ1n) is 6.89. The maximum atomic E-state index is 5.89. The molecule has 0 aromatic heterocycles. The van der Waals surface area contributed by atoms with Crippen molar-refractivity contribution in [3.05, 3.63) is 24.3 Å². The lowest BCUT2D eigenvalue weighted by Crippen LogP contribution is -2.36. The fraction of sp³-hybridized carbons (Fsp3) is 0.600. The molecule has 2 N–H and O–H groups in total. The van der Waals surface area contributed by atoms with Crippen molar-refractivity contribution in [3.8, 4) is 5.75 Å². The topological polar surface area (TPSA) is 38.5 Å². The number of hydrogen-bond acceptors (Lipinski definition) is 3. The second-order valence-electron chi connectivity index (χ2n) is 5.36. The van der Waals surface area contributed by atoms with Crippen LogP contribution in [0.3, 0.4) is 0 Å². The van der Waals surface area contributed by atoms with E-state index in [-0.39, 0.29) is 0 Å². The molecule has 0 aliphatic carbocycles. The second kappa shape index (κ2) is 6.10. The van der Waals surface area contributed by atoms with Gasteiger partial charge in [0.05, 0.1) is 12.3 Å². The Hall–Kier alpha value is -1.22. The molecule has 1 heterocycles. The van der Waals surface area contributed by atoms with E-state index in [0.29, 0.717) is 11.8 Å². The molecule has 0 saturated heterocycles. The minimum absolute atomic E-state index is 0.538. The number of hydrogen-bond donors (Lipinski definition) is 1. The summed E-state index contributed by atoms with van der Waals surface area (Å²) in [6, 6.07) is 8.31. The Bertz CT molecular complexity index is 379. The van der Waals surface area contributed by atoms with Crippen molar-refractivity contribution >= 4 is 5.69 Å². The summed E-state index contributed by atoms with van der Waals surface area (Å²) < 4.78 is 5.78. The molecule has 0 radical (unpaired) electrons. The van der Waals surface area contributed by atoms with Crippen molar-refractivity contribution in [1.29, 1.82) is 0 Å². The predicted molar refractivity (Wildman–Crippen MR) is 76.1 cm³/mol. The van der Waals surface area contributed by atoms with Crippen molar-refractivity contribution < 1.29 is 4.74 Å². The molecule has 0 bridgehead atoms. The van der Waals surface area contributed by atoms with Crippen LogP contribution in [0.2, 0.25) is 0 Å². The number of ether oxygens (including phenoxy) is 1. The van der Waals surface area contributed by atoms with Crippen molar-refractivity contribution in [3.63, 3.8) is 0 Å². The monoisotopic (exact) mass is 248 g/mol. The molecule has 0 fully saturated rings. The van der Waals surface area contributed by atoms with Gasteiger partial charge in [-0.15, -0.1) is 0 Å². The molecule has 1 atom stereocenters. The van der Waals surface area contributed by atoms with Gasteiger partial charge in [-0.3, -0.25) is 0 Å². The van der Waals surface area contributed by atoms with Gasteiger partial charge in [0.25, 0.3) is 0 Å². The van der Waals surface area contributed by atoms with Crippen LogP contribution in [0.25, 0.3) is 0 Å². The van der Waals surface area contributed by atoms with Crippen molar-refractivity contribution in [2.24, 2.45) is 17.6 Å². The van der Waals surface area contributed by atoms with Crippen LogP contribution in [0.4, 0.5) is 5.69 Å². The van der Waals surface area contributed by atoms with Gasteiger partial charge in [0.1, 0.15) is 5.75 Å². The third-order valence-electron chi connectivity index (χ3n) is 3.74. The molecule has 3 nitrogen and oxygen atoms in total. The highest BCUT2D eigenvalue weighted by Gasteiger charge is 2.20. The number of benzene rings is 1. The summed E-state index contributed by atoms with van der Waals surface area (Å²) in [7, 11) is 0. The molecular formula is C15H24N2O. The van der Waals surface area contributed by atoms with E-state index in [9.17, 15) is 0 Å². The van der Waals surface area contributed by atoms with E-state index in [1.165, 1.54) is 5.69 Å². The van der Waals surface area contributed by atoms with E-state index in [1.54, 1.807) is 0 Å². The van der Waals surface area contributed by atoms with Crippen LogP contribution < -0.4 is 15.4 Å². The first-order chi connectivity index (χ1) is 8.72. The minimum atomic E-state index is 0.538. The van der Waals surface area contributed by atoms with Gasteiger partial charge >= 0.3 is 0 Å². The highest BCUT2D eigenvalue weighted by atomic mass is 16.5. The smallest absolute Gasteiger partial charge is 0.142 e.